The van der Waals surface area contributed by atoms with Crippen LogP contribution in [0.5, 0.6) is 0 Å². The minimum Gasteiger partial charge on any atom is -0.371 e. The molecule has 2 aromatic carbocycles. The summed E-state index contributed by atoms with van der Waals surface area (Å²) in [5, 5.41) is 13.7. The van der Waals surface area contributed by atoms with Crippen molar-refractivity contribution in [1.82, 2.24) is 0 Å². The van der Waals surface area contributed by atoms with Crippen LogP contribution in [0.4, 0.5) is 17.1 Å². The Balaban J connectivity index is 1.81. The van der Waals surface area contributed by atoms with Gasteiger partial charge in [-0.25, -0.2) is 8.42 Å². The van der Waals surface area contributed by atoms with Gasteiger partial charge in [-0.05, 0) is 42.7 Å². The zero-order valence-corrected chi connectivity index (χ0v) is 16.4. The van der Waals surface area contributed by atoms with Gasteiger partial charge >= 0.3 is 0 Å². The predicted molar refractivity (Wildman–Crippen MR) is 107 cm³/mol. The molecule has 1 fully saturated rings. The maximum atomic E-state index is 12.5. The van der Waals surface area contributed by atoms with Gasteiger partial charge in [0.25, 0.3) is 11.6 Å². The molecule has 2 aromatic rings. The minimum absolute atomic E-state index is 0.0907. The smallest absolute Gasteiger partial charge is 0.271 e. The molecule has 9 heteroatoms. The van der Waals surface area contributed by atoms with E-state index in [1.54, 1.807) is 12.1 Å². The third kappa shape index (κ3) is 4.48. The molecule has 1 heterocycles. The van der Waals surface area contributed by atoms with Gasteiger partial charge < -0.3 is 10.2 Å². The number of nitrogens with one attached hydrogen (secondary N) is 1. The first-order chi connectivity index (χ1) is 13.1. The third-order valence-corrected chi connectivity index (χ3v) is 5.80. The summed E-state index contributed by atoms with van der Waals surface area (Å²) in [6.45, 7) is 4.20. The van der Waals surface area contributed by atoms with Crippen molar-refractivity contribution in [3.63, 3.8) is 0 Å². The van der Waals surface area contributed by atoms with Crippen LogP contribution in [0.25, 0.3) is 0 Å². The van der Waals surface area contributed by atoms with Crippen molar-refractivity contribution in [2.75, 3.05) is 29.6 Å². The van der Waals surface area contributed by atoms with E-state index in [1.807, 2.05) is 12.1 Å². The molecule has 0 radical (unpaired) electrons. The molecule has 0 saturated carbocycles. The van der Waals surface area contributed by atoms with Crippen LogP contribution in [0.15, 0.2) is 47.4 Å². The molecule has 0 aliphatic carbocycles. The van der Waals surface area contributed by atoms with Gasteiger partial charge in [-0.1, -0.05) is 6.92 Å². The molecule has 0 bridgehead atoms. The van der Waals surface area contributed by atoms with E-state index in [-0.39, 0.29) is 10.5 Å². The molecule has 0 aromatic heterocycles. The molecule has 148 valence electrons. The zero-order chi connectivity index (χ0) is 20.5. The van der Waals surface area contributed by atoms with Gasteiger partial charge in [0.15, 0.2) is 9.84 Å². The fourth-order valence-electron chi connectivity index (χ4n) is 3.16. The maximum Gasteiger partial charge on any atom is 0.271 e. The summed E-state index contributed by atoms with van der Waals surface area (Å²) >= 11 is 0. The Bertz CT molecular complexity index is 1020. The Labute approximate surface area is 163 Å². The fraction of sp³-hybridized carbons (Fsp3) is 0.316. The van der Waals surface area contributed by atoms with Crippen LogP contribution < -0.4 is 10.2 Å². The average molecular weight is 403 g/mol. The quantitative estimate of drug-likeness (QED) is 0.607. The van der Waals surface area contributed by atoms with Crippen molar-refractivity contribution >= 4 is 32.8 Å². The Morgan fingerprint density at radius 3 is 2.43 bits per heavy atom. The second kappa shape index (κ2) is 7.59. The van der Waals surface area contributed by atoms with Gasteiger partial charge in [0.05, 0.1) is 9.82 Å². The predicted octanol–water partition coefficient (Wildman–Crippen LogP) is 3.10. The SMILES string of the molecule is CC1CCN(c2ccc(NC(=O)c3cc([N+](=O)[O-])cc(S(C)(=O)=O)c3)cc2)C1. The van der Waals surface area contributed by atoms with Crippen molar-refractivity contribution in [2.45, 2.75) is 18.2 Å². The fourth-order valence-corrected chi connectivity index (χ4v) is 3.84. The number of nitro groups is 1. The van der Waals surface area contributed by atoms with Gasteiger partial charge in [0.2, 0.25) is 0 Å². The molecular weight excluding hydrogens is 382 g/mol. The number of nitrogens with zero attached hydrogens (tertiary/aromatic N) is 2. The summed E-state index contributed by atoms with van der Waals surface area (Å²) in [5.41, 5.74) is 1.05. The van der Waals surface area contributed by atoms with Crippen molar-refractivity contribution < 1.29 is 18.1 Å². The van der Waals surface area contributed by atoms with Crippen molar-refractivity contribution in [3.05, 3.63) is 58.1 Å². The number of sulfone groups is 1. The molecular formula is C19H21N3O5S. The highest BCUT2D eigenvalue weighted by atomic mass is 32.2. The van der Waals surface area contributed by atoms with Crippen LogP contribution in [-0.2, 0) is 9.84 Å². The van der Waals surface area contributed by atoms with Gasteiger partial charge in [0.1, 0.15) is 0 Å². The molecule has 1 N–H and O–H groups in total. The Morgan fingerprint density at radius 1 is 1.21 bits per heavy atom. The Kier molecular flexibility index (Phi) is 5.37. The van der Waals surface area contributed by atoms with E-state index in [2.05, 4.69) is 17.1 Å². The second-order valence-corrected chi connectivity index (χ2v) is 9.10. The first-order valence-electron chi connectivity index (χ1n) is 8.79. The van der Waals surface area contributed by atoms with E-state index >= 15 is 0 Å². The largest absolute Gasteiger partial charge is 0.371 e. The van der Waals surface area contributed by atoms with E-state index in [0.29, 0.717) is 11.6 Å². The monoisotopic (exact) mass is 403 g/mol. The summed E-state index contributed by atoms with van der Waals surface area (Å²) in [6, 6.07) is 10.5. The van der Waals surface area contributed by atoms with Gasteiger partial charge in [-0.3, -0.25) is 14.9 Å². The maximum absolute atomic E-state index is 12.5. The van der Waals surface area contributed by atoms with Gasteiger partial charge in [-0.2, -0.15) is 0 Å². The van der Waals surface area contributed by atoms with E-state index < -0.39 is 26.4 Å². The van der Waals surface area contributed by atoms with Gasteiger partial charge in [-0.15, -0.1) is 0 Å². The molecule has 1 atom stereocenters. The van der Waals surface area contributed by atoms with Crippen molar-refractivity contribution in [3.8, 4) is 0 Å². The molecule has 3 rings (SSSR count). The molecule has 1 aliphatic heterocycles. The van der Waals surface area contributed by atoms with Crippen LogP contribution in [0.1, 0.15) is 23.7 Å². The Morgan fingerprint density at radius 2 is 1.89 bits per heavy atom. The first kappa shape index (κ1) is 19.8. The highest BCUT2D eigenvalue weighted by molar-refractivity contribution is 7.90. The zero-order valence-electron chi connectivity index (χ0n) is 15.6. The molecule has 28 heavy (non-hydrogen) atoms. The van der Waals surface area contributed by atoms with Crippen LogP contribution in [0.3, 0.4) is 0 Å². The topological polar surface area (TPSA) is 110 Å². The standard InChI is InChI=1S/C19H21N3O5S/c1-13-7-8-21(12-13)16-5-3-15(4-6-16)20-19(23)14-9-17(22(24)25)11-18(10-14)28(2,26)27/h3-6,9-11,13H,7-8,12H2,1-2H3,(H,20,23). The number of benzene rings is 2. The number of rotatable bonds is 5. The van der Waals surface area contributed by atoms with Gasteiger partial charge in [0, 0.05) is 48.4 Å². The molecule has 0 spiro atoms. The number of non-ortho nitro benzene ring substituents is 1. The first-order valence-corrected chi connectivity index (χ1v) is 10.7. The number of nitro benzene ring substituents is 1. The van der Waals surface area contributed by atoms with Crippen LogP contribution >= 0.6 is 0 Å². The molecule has 1 amide bonds. The third-order valence-electron chi connectivity index (χ3n) is 4.71. The average Bonchev–Trinajstić information content (AvgIpc) is 3.07. The van der Waals surface area contributed by atoms with E-state index in [9.17, 15) is 23.3 Å². The lowest BCUT2D eigenvalue weighted by atomic mass is 10.1. The lowest BCUT2D eigenvalue weighted by molar-refractivity contribution is -0.385. The number of hydrogen-bond acceptors (Lipinski definition) is 6. The molecule has 1 aliphatic rings. The second-order valence-electron chi connectivity index (χ2n) is 7.09. The van der Waals surface area contributed by atoms with Crippen LogP contribution in [0, 0.1) is 16.0 Å². The van der Waals surface area contributed by atoms with Crippen LogP contribution in [0.2, 0.25) is 0 Å². The Hall–Kier alpha value is -2.94. The highest BCUT2D eigenvalue weighted by Crippen LogP contribution is 2.26. The highest BCUT2D eigenvalue weighted by Gasteiger charge is 2.20. The number of amides is 1. The molecule has 8 nitrogen and oxygen atoms in total. The normalized spacial score (nSPS) is 16.8. The van der Waals surface area contributed by atoms with E-state index in [1.165, 1.54) is 0 Å². The lowest BCUT2D eigenvalue weighted by Gasteiger charge is -2.18. The summed E-state index contributed by atoms with van der Waals surface area (Å²) in [5.74, 6) is 0.0356. The van der Waals surface area contributed by atoms with E-state index in [0.717, 1.165) is 49.7 Å². The number of anilines is 2. The van der Waals surface area contributed by atoms with Crippen molar-refractivity contribution in [1.29, 1.82) is 0 Å². The lowest BCUT2D eigenvalue weighted by Crippen LogP contribution is -2.19. The van der Waals surface area contributed by atoms with Crippen LogP contribution in [-0.4, -0.2) is 38.6 Å². The summed E-state index contributed by atoms with van der Waals surface area (Å²) in [6.07, 6.45) is 2.08. The summed E-state index contributed by atoms with van der Waals surface area (Å²) in [4.78, 5) is 24.9. The summed E-state index contributed by atoms with van der Waals surface area (Å²) < 4.78 is 23.5. The van der Waals surface area contributed by atoms with E-state index in [4.69, 9.17) is 0 Å². The molecule has 1 unspecified atom stereocenters. The number of carbonyl (C=O) groups excluding carboxylic acids is 1. The molecule has 1 saturated heterocycles. The number of hydrogen-bond donors (Lipinski definition) is 1. The minimum atomic E-state index is -3.70. The summed E-state index contributed by atoms with van der Waals surface area (Å²) in [7, 11) is -3.70. The van der Waals surface area contributed by atoms with Crippen molar-refractivity contribution in [2.24, 2.45) is 5.92 Å². The number of carbonyl (C=O) groups is 1.